The van der Waals surface area contributed by atoms with Crippen LogP contribution in [0.2, 0.25) is 0 Å². The van der Waals surface area contributed by atoms with Crippen LogP contribution in [-0.4, -0.2) is 5.49 Å². The van der Waals surface area contributed by atoms with Crippen LogP contribution < -0.4 is 35.2 Å². The number of hydrogen-bond acceptors (Lipinski definition) is 0. The molecule has 328 valence electrons. The zero-order valence-corrected chi connectivity index (χ0v) is 43.1. The van der Waals surface area contributed by atoms with Gasteiger partial charge in [-0.2, -0.15) is 34.4 Å². The van der Waals surface area contributed by atoms with Gasteiger partial charge in [-0.3, -0.25) is 0 Å². The minimum atomic E-state index is -0.406. The Bertz CT molecular complexity index is 2750. The molecule has 0 amide bonds. The third-order valence-corrected chi connectivity index (χ3v) is 19.9. The van der Waals surface area contributed by atoms with Crippen LogP contribution in [0.5, 0.6) is 0 Å². The van der Waals surface area contributed by atoms with Gasteiger partial charge in [-0.15, -0.1) is 47.6 Å². The SMILES string of the molecule is CCc1cc2c([cH-]1)C=CC=CC2c1ccc(-c2ccccc2)c(F)c1.CCc1cc2c([cH-]1)C=CC=CC2c1ccc(-c2ccccc2)c(F)c1.[Cl-].[Cl-].[Hf+2]=[Si](c1ccccc1)c1ccccc1. The van der Waals surface area contributed by atoms with Gasteiger partial charge in [0.1, 0.15) is 11.6 Å². The number of allylic oxidation sites excluding steroid dienone is 6. The van der Waals surface area contributed by atoms with E-state index in [1.54, 1.807) is 12.1 Å². The normalized spacial score (nSPS) is 14.1. The van der Waals surface area contributed by atoms with Gasteiger partial charge in [0.25, 0.3) is 0 Å². The zero-order valence-electron chi connectivity index (χ0n) is 37.0. The molecule has 2 atom stereocenters. The Kier molecular flexibility index (Phi) is 18.4. The van der Waals surface area contributed by atoms with E-state index < -0.39 is 5.49 Å². The number of halogens is 4. The molecule has 0 spiro atoms. The first-order valence-corrected chi connectivity index (χ1v) is 29.0. The standard InChI is InChI=1S/2C24H20F.C12H10Si.2ClH.Hf/c2*1-2-17-14-19-10-6-7-11-21(23(19)15-17)20-12-13-22(24(25)16-20)18-8-4-3-5-9-18;1-3-7-11(8-4-1)13-12-9-5-2-6-10-12;;;/h2*3-16,21H,2H2,1H3;1-10H;2*1H;/q2*-1;;;;+2/p-2. The summed E-state index contributed by atoms with van der Waals surface area (Å²) in [4.78, 5) is 0. The topological polar surface area (TPSA) is 0 Å². The van der Waals surface area contributed by atoms with Crippen LogP contribution in [0.25, 0.3) is 34.4 Å². The average molecular weight is 1090 g/mol. The molecule has 10 rings (SSSR count). The average Bonchev–Trinajstić information content (AvgIpc) is 3.83. The molecule has 0 N–H and O–H groups in total. The van der Waals surface area contributed by atoms with Crippen molar-refractivity contribution in [1.82, 2.24) is 0 Å². The maximum atomic E-state index is 14.8. The summed E-state index contributed by atoms with van der Waals surface area (Å²) in [5.74, 6) is -0.162. The number of aryl methyl sites for hydroxylation is 2. The van der Waals surface area contributed by atoms with Gasteiger partial charge < -0.3 is 24.8 Å². The summed E-state index contributed by atoms with van der Waals surface area (Å²) in [6.45, 7) is 4.33. The zero-order chi connectivity index (χ0) is 44.3. The van der Waals surface area contributed by atoms with Crippen molar-refractivity contribution in [2.45, 2.75) is 38.5 Å². The molecule has 2 aliphatic carbocycles. The second-order valence-electron chi connectivity index (χ2n) is 16.0. The van der Waals surface area contributed by atoms with Crippen molar-refractivity contribution in [1.29, 1.82) is 0 Å². The van der Waals surface area contributed by atoms with Crippen LogP contribution in [0.4, 0.5) is 8.78 Å². The molecule has 0 saturated carbocycles. The fourth-order valence-corrected chi connectivity index (χ4v) is 13.4. The van der Waals surface area contributed by atoms with E-state index in [-0.39, 0.29) is 48.3 Å². The van der Waals surface area contributed by atoms with E-state index in [0.717, 1.165) is 35.1 Å². The summed E-state index contributed by atoms with van der Waals surface area (Å²) in [5.41, 5.74) is 12.3. The molecule has 8 aromatic carbocycles. The van der Waals surface area contributed by atoms with Gasteiger partial charge in [0.05, 0.1) is 0 Å². The number of benzene rings is 6. The molecule has 0 aromatic heterocycles. The number of hydrogen-bond donors (Lipinski definition) is 0. The van der Waals surface area contributed by atoms with Crippen molar-refractivity contribution >= 4 is 28.0 Å². The predicted molar refractivity (Wildman–Crippen MR) is 264 cm³/mol. The van der Waals surface area contributed by atoms with Gasteiger partial charge in [-0.05, 0) is 59.1 Å². The van der Waals surface area contributed by atoms with E-state index in [4.69, 9.17) is 0 Å². The first kappa shape index (κ1) is 49.9. The molecule has 0 aliphatic heterocycles. The van der Waals surface area contributed by atoms with Crippen molar-refractivity contribution in [3.05, 3.63) is 275 Å². The number of fused-ring (bicyclic) bond motifs is 2. The summed E-state index contributed by atoms with van der Waals surface area (Å²) in [7, 11) is 0. The van der Waals surface area contributed by atoms with Gasteiger partial charge in [-0.1, -0.05) is 123 Å². The third kappa shape index (κ3) is 12.1. The molecule has 6 heteroatoms. The van der Waals surface area contributed by atoms with Gasteiger partial charge >= 0.3 is 99.5 Å². The molecular formula is C60H50Cl2F2HfSi-2. The second-order valence-corrected chi connectivity index (χ2v) is 23.3. The minimum absolute atomic E-state index is 0. The molecule has 0 nitrogen and oxygen atoms in total. The monoisotopic (exact) mass is 1090 g/mol. The Hall–Kier alpha value is -5.49. The second kappa shape index (κ2) is 24.3. The van der Waals surface area contributed by atoms with Crippen molar-refractivity contribution in [3.8, 4) is 22.3 Å². The van der Waals surface area contributed by atoms with E-state index in [9.17, 15) is 8.78 Å². The molecule has 66 heavy (non-hydrogen) atoms. The fourth-order valence-electron chi connectivity index (χ4n) is 8.44. The Morgan fingerprint density at radius 2 is 0.833 bits per heavy atom. The molecule has 2 aliphatic rings. The van der Waals surface area contributed by atoms with E-state index in [2.05, 4.69) is 147 Å². The van der Waals surface area contributed by atoms with Crippen molar-refractivity contribution in [2.75, 3.05) is 0 Å². The van der Waals surface area contributed by atoms with Crippen LogP contribution >= 0.6 is 0 Å². The van der Waals surface area contributed by atoms with Crippen molar-refractivity contribution < 1.29 is 56.6 Å². The summed E-state index contributed by atoms with van der Waals surface area (Å²) in [5, 5.41) is 3.07. The first-order valence-electron chi connectivity index (χ1n) is 22.1. The van der Waals surface area contributed by atoms with E-state index in [1.165, 1.54) is 66.8 Å². The van der Waals surface area contributed by atoms with Gasteiger partial charge in [0, 0.05) is 11.1 Å². The molecule has 0 bridgehead atoms. The predicted octanol–water partition coefficient (Wildman–Crippen LogP) is 8.32. The molecule has 0 radical (unpaired) electrons. The molecule has 0 saturated heterocycles. The van der Waals surface area contributed by atoms with Gasteiger partial charge in [0.2, 0.25) is 0 Å². The molecule has 2 unspecified atom stereocenters. The van der Waals surface area contributed by atoms with E-state index >= 15 is 0 Å². The maximum absolute atomic E-state index is 14.8. The molecule has 8 aromatic rings. The van der Waals surface area contributed by atoms with Crippen LogP contribution in [0.3, 0.4) is 0 Å². The van der Waals surface area contributed by atoms with Crippen molar-refractivity contribution in [2.24, 2.45) is 0 Å². The van der Waals surface area contributed by atoms with Crippen LogP contribution in [0.1, 0.15) is 70.2 Å². The van der Waals surface area contributed by atoms with Crippen molar-refractivity contribution in [3.63, 3.8) is 0 Å². The summed E-state index contributed by atoms with van der Waals surface area (Å²) in [6.07, 6.45) is 18.8. The Labute approximate surface area is 416 Å². The molecule has 0 fully saturated rings. The van der Waals surface area contributed by atoms with E-state index in [0.29, 0.717) is 11.1 Å². The summed E-state index contributed by atoms with van der Waals surface area (Å²) in [6, 6.07) is 61.4. The van der Waals surface area contributed by atoms with Crippen LogP contribution in [0, 0.1) is 11.6 Å². The molecule has 0 heterocycles. The van der Waals surface area contributed by atoms with Crippen LogP contribution in [-0.2, 0) is 35.8 Å². The summed E-state index contributed by atoms with van der Waals surface area (Å²) < 4.78 is 29.6. The molecular weight excluding hydrogens is 1040 g/mol. The Balaban J connectivity index is 0.000000168. The fraction of sp³-hybridized carbons (Fsp3) is 0.100. The van der Waals surface area contributed by atoms with Gasteiger partial charge in [-0.25, -0.2) is 8.78 Å². The van der Waals surface area contributed by atoms with E-state index in [1.807, 2.05) is 84.9 Å². The summed E-state index contributed by atoms with van der Waals surface area (Å²) >= 11 is 1.27. The van der Waals surface area contributed by atoms with Crippen LogP contribution in [0.15, 0.2) is 218 Å². The Morgan fingerprint density at radius 3 is 1.18 bits per heavy atom. The first-order chi connectivity index (χ1) is 31.4. The quantitative estimate of drug-likeness (QED) is 0.106. The number of rotatable bonds is 8. The van der Waals surface area contributed by atoms with Gasteiger partial charge in [0.15, 0.2) is 0 Å². The third-order valence-electron chi connectivity index (χ3n) is 11.9. The Morgan fingerprint density at radius 1 is 0.470 bits per heavy atom.